The summed E-state index contributed by atoms with van der Waals surface area (Å²) in [5.74, 6) is 0.709. The van der Waals surface area contributed by atoms with Gasteiger partial charge in [0.15, 0.2) is 18.1 Å². The Labute approximate surface area is 185 Å². The third-order valence-electron chi connectivity index (χ3n) is 4.44. The van der Waals surface area contributed by atoms with Crippen LogP contribution in [-0.2, 0) is 14.4 Å². The van der Waals surface area contributed by atoms with Gasteiger partial charge in [0, 0.05) is 30.0 Å². The molecule has 3 rings (SSSR count). The molecule has 1 aliphatic heterocycles. The average Bonchev–Trinajstić information content (AvgIpc) is 2.80. The molecule has 9 heteroatoms. The van der Waals surface area contributed by atoms with E-state index in [-0.39, 0.29) is 25.4 Å². The van der Waals surface area contributed by atoms with Gasteiger partial charge in [-0.05, 0) is 31.2 Å². The number of hydrazine groups is 1. The van der Waals surface area contributed by atoms with Crippen LogP contribution in [0.25, 0.3) is 0 Å². The van der Waals surface area contributed by atoms with Crippen LogP contribution >= 0.6 is 11.8 Å². The fourth-order valence-electron chi connectivity index (χ4n) is 3.01. The van der Waals surface area contributed by atoms with Crippen molar-refractivity contribution in [2.75, 3.05) is 30.4 Å². The van der Waals surface area contributed by atoms with Gasteiger partial charge >= 0.3 is 0 Å². The van der Waals surface area contributed by atoms with Gasteiger partial charge in [0.2, 0.25) is 11.8 Å². The number of para-hydroxylation sites is 3. The number of benzene rings is 2. The quantitative estimate of drug-likeness (QED) is 0.609. The Bertz CT molecular complexity index is 937. The predicted octanol–water partition coefficient (Wildman–Crippen LogP) is 2.53. The number of rotatable bonds is 8. The molecule has 1 aliphatic rings. The van der Waals surface area contributed by atoms with Crippen molar-refractivity contribution in [3.8, 4) is 11.5 Å². The number of carbonyl (C=O) groups is 3. The van der Waals surface area contributed by atoms with Crippen molar-refractivity contribution in [1.82, 2.24) is 10.9 Å². The molecule has 0 aromatic heterocycles. The van der Waals surface area contributed by atoms with Gasteiger partial charge in [-0.2, -0.15) is 0 Å². The highest BCUT2D eigenvalue weighted by Gasteiger charge is 2.23. The molecular weight excluding hydrogens is 418 g/mol. The summed E-state index contributed by atoms with van der Waals surface area (Å²) < 4.78 is 10.9. The molecule has 3 amide bonds. The first-order valence-corrected chi connectivity index (χ1v) is 11.0. The van der Waals surface area contributed by atoms with Gasteiger partial charge in [-0.25, -0.2) is 0 Å². The second kappa shape index (κ2) is 11.3. The largest absolute Gasteiger partial charge is 0.490 e. The molecule has 0 aliphatic carbocycles. The van der Waals surface area contributed by atoms with Crippen LogP contribution < -0.4 is 25.2 Å². The summed E-state index contributed by atoms with van der Waals surface area (Å²) in [6.07, 6.45) is 0.0257. The Balaban J connectivity index is 1.40. The van der Waals surface area contributed by atoms with E-state index in [0.717, 1.165) is 16.3 Å². The SMILES string of the molecule is CCOc1ccccc1OCC(=O)NNC(=O)CCC(=O)N1CCSc2ccccc21. The summed E-state index contributed by atoms with van der Waals surface area (Å²) in [6.45, 7) is 2.65. The number of fused-ring (bicyclic) bond motifs is 1. The summed E-state index contributed by atoms with van der Waals surface area (Å²) >= 11 is 1.71. The highest BCUT2D eigenvalue weighted by atomic mass is 32.2. The number of ether oxygens (including phenoxy) is 2. The maximum absolute atomic E-state index is 12.6. The predicted molar refractivity (Wildman–Crippen MR) is 118 cm³/mol. The highest BCUT2D eigenvalue weighted by molar-refractivity contribution is 7.99. The Hall–Kier alpha value is -3.20. The molecule has 0 atom stereocenters. The summed E-state index contributed by atoms with van der Waals surface area (Å²) in [5.41, 5.74) is 5.48. The van der Waals surface area contributed by atoms with Crippen molar-refractivity contribution in [2.24, 2.45) is 0 Å². The minimum Gasteiger partial charge on any atom is -0.490 e. The van der Waals surface area contributed by atoms with Crippen LogP contribution in [0, 0.1) is 0 Å². The molecule has 1 heterocycles. The lowest BCUT2D eigenvalue weighted by molar-refractivity contribution is -0.130. The van der Waals surface area contributed by atoms with Gasteiger partial charge in [0.1, 0.15) is 0 Å². The average molecular weight is 444 g/mol. The molecule has 2 aromatic carbocycles. The van der Waals surface area contributed by atoms with Crippen LogP contribution in [0.1, 0.15) is 19.8 Å². The van der Waals surface area contributed by atoms with Crippen LogP contribution in [0.4, 0.5) is 5.69 Å². The van der Waals surface area contributed by atoms with Gasteiger partial charge in [-0.1, -0.05) is 24.3 Å². The second-order valence-corrected chi connectivity index (χ2v) is 7.76. The van der Waals surface area contributed by atoms with E-state index in [1.54, 1.807) is 40.9 Å². The minimum atomic E-state index is -0.520. The van der Waals surface area contributed by atoms with E-state index < -0.39 is 11.8 Å². The summed E-state index contributed by atoms with van der Waals surface area (Å²) in [7, 11) is 0. The molecule has 0 saturated heterocycles. The molecule has 0 bridgehead atoms. The standard InChI is InChI=1S/C22H25N3O5S/c1-2-29-17-8-4-5-9-18(17)30-15-21(27)24-23-20(26)11-12-22(28)25-13-14-31-19-10-6-3-7-16(19)25/h3-10H,2,11-15H2,1H3,(H,23,26)(H,24,27). The Kier molecular flexibility index (Phi) is 8.17. The van der Waals surface area contributed by atoms with Gasteiger partial charge in [-0.15, -0.1) is 11.8 Å². The number of nitrogens with one attached hydrogen (secondary N) is 2. The van der Waals surface area contributed by atoms with Gasteiger partial charge in [0.25, 0.3) is 5.91 Å². The number of hydrogen-bond donors (Lipinski definition) is 2. The third kappa shape index (κ3) is 6.39. The van der Waals surface area contributed by atoms with E-state index in [0.29, 0.717) is 24.7 Å². The van der Waals surface area contributed by atoms with Gasteiger partial charge in [0.05, 0.1) is 12.3 Å². The van der Waals surface area contributed by atoms with Crippen molar-refractivity contribution in [3.05, 3.63) is 48.5 Å². The van der Waals surface area contributed by atoms with Crippen LogP contribution in [-0.4, -0.2) is 43.2 Å². The molecule has 8 nitrogen and oxygen atoms in total. The number of nitrogens with zero attached hydrogens (tertiary/aromatic N) is 1. The first kappa shape index (κ1) is 22.5. The number of carbonyl (C=O) groups excluding carboxylic acids is 3. The van der Waals surface area contributed by atoms with E-state index in [2.05, 4.69) is 10.9 Å². The van der Waals surface area contributed by atoms with Crippen molar-refractivity contribution < 1.29 is 23.9 Å². The second-order valence-electron chi connectivity index (χ2n) is 6.63. The summed E-state index contributed by atoms with van der Waals surface area (Å²) in [5, 5.41) is 0. The zero-order chi connectivity index (χ0) is 22.1. The maximum Gasteiger partial charge on any atom is 0.276 e. The molecular formula is C22H25N3O5S. The van der Waals surface area contributed by atoms with Crippen LogP contribution in [0.2, 0.25) is 0 Å². The Morgan fingerprint density at radius 1 is 0.935 bits per heavy atom. The highest BCUT2D eigenvalue weighted by Crippen LogP contribution is 2.34. The van der Waals surface area contributed by atoms with Crippen molar-refractivity contribution in [3.63, 3.8) is 0 Å². The van der Waals surface area contributed by atoms with Gasteiger partial charge in [-0.3, -0.25) is 25.2 Å². The van der Waals surface area contributed by atoms with Crippen LogP contribution in [0.15, 0.2) is 53.4 Å². The normalized spacial score (nSPS) is 12.5. The fraction of sp³-hybridized carbons (Fsp3) is 0.318. The number of anilines is 1. The molecule has 164 valence electrons. The lowest BCUT2D eigenvalue weighted by Gasteiger charge is -2.29. The molecule has 2 aromatic rings. The van der Waals surface area contributed by atoms with Gasteiger partial charge < -0.3 is 14.4 Å². The Morgan fingerprint density at radius 2 is 1.61 bits per heavy atom. The van der Waals surface area contributed by atoms with E-state index in [4.69, 9.17) is 9.47 Å². The van der Waals surface area contributed by atoms with Crippen molar-refractivity contribution in [2.45, 2.75) is 24.7 Å². The molecule has 2 N–H and O–H groups in total. The third-order valence-corrected chi connectivity index (χ3v) is 5.49. The summed E-state index contributed by atoms with van der Waals surface area (Å²) in [4.78, 5) is 39.3. The Morgan fingerprint density at radius 3 is 2.39 bits per heavy atom. The van der Waals surface area contributed by atoms with Crippen LogP contribution in [0.5, 0.6) is 11.5 Å². The lowest BCUT2D eigenvalue weighted by atomic mass is 10.2. The first-order chi connectivity index (χ1) is 15.1. The molecule has 0 unspecified atom stereocenters. The monoisotopic (exact) mass is 443 g/mol. The maximum atomic E-state index is 12.6. The van der Waals surface area contributed by atoms with E-state index in [9.17, 15) is 14.4 Å². The minimum absolute atomic E-state index is 0.0288. The zero-order valence-corrected chi connectivity index (χ0v) is 18.1. The van der Waals surface area contributed by atoms with Crippen LogP contribution in [0.3, 0.4) is 0 Å². The molecule has 0 spiro atoms. The molecule has 0 radical (unpaired) electrons. The van der Waals surface area contributed by atoms with Crippen molar-refractivity contribution >= 4 is 35.2 Å². The molecule has 31 heavy (non-hydrogen) atoms. The first-order valence-electron chi connectivity index (χ1n) is 10.0. The number of amides is 3. The topological polar surface area (TPSA) is 97.0 Å². The summed E-state index contributed by atoms with van der Waals surface area (Å²) in [6, 6.07) is 14.7. The molecule has 0 saturated carbocycles. The van der Waals surface area contributed by atoms with E-state index in [1.807, 2.05) is 31.2 Å². The van der Waals surface area contributed by atoms with E-state index in [1.165, 1.54) is 0 Å². The number of thioether (sulfide) groups is 1. The fourth-order valence-corrected chi connectivity index (χ4v) is 4.00. The molecule has 0 fully saturated rings. The number of hydrogen-bond acceptors (Lipinski definition) is 6. The lowest BCUT2D eigenvalue weighted by Crippen LogP contribution is -2.44. The van der Waals surface area contributed by atoms with Crippen molar-refractivity contribution in [1.29, 1.82) is 0 Å². The zero-order valence-electron chi connectivity index (χ0n) is 17.3. The smallest absolute Gasteiger partial charge is 0.276 e. The van der Waals surface area contributed by atoms with E-state index >= 15 is 0 Å².